The molecule has 0 spiro atoms. The Morgan fingerprint density at radius 2 is 1.72 bits per heavy atom. The van der Waals surface area contributed by atoms with Gasteiger partial charge in [-0.1, -0.05) is 23.8 Å². The highest BCUT2D eigenvalue weighted by Gasteiger charge is 2.01. The number of phenolic OH excluding ortho intramolecular Hbond substituents is 1. The first-order valence-electron chi connectivity index (χ1n) is 6.16. The fraction of sp³-hybridized carbons (Fsp3) is 0.250. The Hall–Kier alpha value is -1.96. The summed E-state index contributed by atoms with van der Waals surface area (Å²) in [5.74, 6) is 0.340. The number of hydrogen-bond acceptors (Lipinski definition) is 2. The third kappa shape index (κ3) is 2.83. The zero-order valence-corrected chi connectivity index (χ0v) is 11.1. The summed E-state index contributed by atoms with van der Waals surface area (Å²) in [6.45, 7) is 6.93. The first-order valence-corrected chi connectivity index (χ1v) is 6.16. The van der Waals surface area contributed by atoms with Gasteiger partial charge in [-0.3, -0.25) is 0 Å². The molecule has 0 aliphatic rings. The van der Waals surface area contributed by atoms with Gasteiger partial charge in [0, 0.05) is 12.2 Å². The smallest absolute Gasteiger partial charge is 0.118 e. The van der Waals surface area contributed by atoms with Gasteiger partial charge in [-0.05, 0) is 55.7 Å². The van der Waals surface area contributed by atoms with Gasteiger partial charge < -0.3 is 10.4 Å². The molecule has 2 nitrogen and oxygen atoms in total. The molecular formula is C16H19NO. The second-order valence-electron chi connectivity index (χ2n) is 4.78. The molecule has 94 valence electrons. The van der Waals surface area contributed by atoms with E-state index in [4.69, 9.17) is 0 Å². The van der Waals surface area contributed by atoms with Gasteiger partial charge in [-0.2, -0.15) is 0 Å². The predicted octanol–water partition coefficient (Wildman–Crippen LogP) is 3.93. The van der Waals surface area contributed by atoms with Crippen molar-refractivity contribution in [2.24, 2.45) is 0 Å². The maximum atomic E-state index is 9.48. The molecule has 2 rings (SSSR count). The minimum atomic E-state index is 0.340. The number of aromatic hydroxyl groups is 1. The van der Waals surface area contributed by atoms with Gasteiger partial charge >= 0.3 is 0 Å². The van der Waals surface area contributed by atoms with Crippen molar-refractivity contribution >= 4 is 5.69 Å². The average Bonchev–Trinajstić information content (AvgIpc) is 2.34. The van der Waals surface area contributed by atoms with E-state index in [2.05, 4.69) is 37.4 Å². The fourth-order valence-electron chi connectivity index (χ4n) is 1.95. The lowest BCUT2D eigenvalue weighted by Gasteiger charge is -2.11. The van der Waals surface area contributed by atoms with Crippen molar-refractivity contribution in [1.29, 1.82) is 0 Å². The molecule has 2 aromatic carbocycles. The zero-order valence-electron chi connectivity index (χ0n) is 11.1. The molecule has 18 heavy (non-hydrogen) atoms. The summed E-state index contributed by atoms with van der Waals surface area (Å²) >= 11 is 0. The molecule has 2 aromatic rings. The Morgan fingerprint density at radius 1 is 0.944 bits per heavy atom. The molecule has 0 saturated carbocycles. The van der Waals surface area contributed by atoms with Crippen LogP contribution in [0, 0.1) is 20.8 Å². The summed E-state index contributed by atoms with van der Waals surface area (Å²) < 4.78 is 0. The highest BCUT2D eigenvalue weighted by atomic mass is 16.3. The van der Waals surface area contributed by atoms with E-state index in [1.165, 1.54) is 16.7 Å². The third-order valence-corrected chi connectivity index (χ3v) is 3.18. The number of anilines is 1. The largest absolute Gasteiger partial charge is 0.508 e. The van der Waals surface area contributed by atoms with Crippen LogP contribution in [0.1, 0.15) is 22.3 Å². The van der Waals surface area contributed by atoms with Gasteiger partial charge in [0.1, 0.15) is 5.75 Å². The Kier molecular flexibility index (Phi) is 3.56. The van der Waals surface area contributed by atoms with Gasteiger partial charge in [0.2, 0.25) is 0 Å². The third-order valence-electron chi connectivity index (χ3n) is 3.18. The summed E-state index contributed by atoms with van der Waals surface area (Å²) in [6, 6.07) is 12.1. The lowest BCUT2D eigenvalue weighted by atomic mass is 10.1. The second kappa shape index (κ2) is 5.13. The van der Waals surface area contributed by atoms with E-state index in [1.807, 2.05) is 19.1 Å². The number of benzene rings is 2. The molecule has 0 radical (unpaired) electrons. The van der Waals surface area contributed by atoms with Crippen LogP contribution in [0.2, 0.25) is 0 Å². The maximum Gasteiger partial charge on any atom is 0.118 e. The molecule has 0 aromatic heterocycles. The maximum absolute atomic E-state index is 9.48. The van der Waals surface area contributed by atoms with Crippen molar-refractivity contribution in [2.45, 2.75) is 27.3 Å². The normalized spacial score (nSPS) is 10.4. The van der Waals surface area contributed by atoms with Gasteiger partial charge in [0.25, 0.3) is 0 Å². The van der Waals surface area contributed by atoms with Crippen LogP contribution in [0.5, 0.6) is 5.75 Å². The second-order valence-corrected chi connectivity index (χ2v) is 4.78. The number of hydrogen-bond donors (Lipinski definition) is 2. The van der Waals surface area contributed by atoms with Crippen LogP contribution in [-0.4, -0.2) is 5.11 Å². The quantitative estimate of drug-likeness (QED) is 0.798. The number of rotatable bonds is 3. The monoisotopic (exact) mass is 241 g/mol. The molecule has 0 aliphatic heterocycles. The minimum absolute atomic E-state index is 0.340. The highest BCUT2D eigenvalue weighted by Crippen LogP contribution is 2.21. The lowest BCUT2D eigenvalue weighted by Crippen LogP contribution is -2.01. The van der Waals surface area contributed by atoms with E-state index in [-0.39, 0.29) is 0 Å². The Balaban J connectivity index is 2.11. The molecule has 0 saturated heterocycles. The van der Waals surface area contributed by atoms with Crippen LogP contribution in [0.4, 0.5) is 5.69 Å². The van der Waals surface area contributed by atoms with Crippen LogP contribution >= 0.6 is 0 Å². The number of aryl methyl sites for hydroxylation is 3. The molecule has 0 unspecified atom stereocenters. The van der Waals surface area contributed by atoms with Crippen molar-refractivity contribution in [3.63, 3.8) is 0 Å². The van der Waals surface area contributed by atoms with E-state index in [0.29, 0.717) is 5.75 Å². The zero-order chi connectivity index (χ0) is 13.1. The molecule has 0 fully saturated rings. The summed E-state index contributed by atoms with van der Waals surface area (Å²) in [7, 11) is 0. The van der Waals surface area contributed by atoms with E-state index in [1.54, 1.807) is 6.07 Å². The van der Waals surface area contributed by atoms with E-state index < -0.39 is 0 Å². The number of phenols is 1. The first kappa shape index (κ1) is 12.5. The molecular weight excluding hydrogens is 222 g/mol. The van der Waals surface area contributed by atoms with Crippen molar-refractivity contribution in [2.75, 3.05) is 5.32 Å². The van der Waals surface area contributed by atoms with Crippen LogP contribution in [-0.2, 0) is 6.54 Å². The standard InChI is InChI=1S/C16H19NO/c1-11-4-5-12(2)14(8-11)10-17-15-6-7-16(18)13(3)9-15/h4-9,17-18H,10H2,1-3H3. The van der Waals surface area contributed by atoms with Crippen LogP contribution in [0.3, 0.4) is 0 Å². The Labute approximate surface area is 108 Å². The lowest BCUT2D eigenvalue weighted by molar-refractivity contribution is 0.471. The van der Waals surface area contributed by atoms with Crippen LogP contribution in [0.15, 0.2) is 36.4 Å². The minimum Gasteiger partial charge on any atom is -0.508 e. The molecule has 2 heteroatoms. The molecule has 0 atom stereocenters. The van der Waals surface area contributed by atoms with Gasteiger partial charge in [0.15, 0.2) is 0 Å². The Morgan fingerprint density at radius 3 is 2.44 bits per heavy atom. The molecule has 0 heterocycles. The molecule has 0 bridgehead atoms. The summed E-state index contributed by atoms with van der Waals surface area (Å²) in [5, 5.41) is 12.9. The van der Waals surface area contributed by atoms with Crippen molar-refractivity contribution < 1.29 is 5.11 Å². The summed E-state index contributed by atoms with van der Waals surface area (Å²) in [6.07, 6.45) is 0. The van der Waals surface area contributed by atoms with Gasteiger partial charge in [-0.25, -0.2) is 0 Å². The van der Waals surface area contributed by atoms with E-state index >= 15 is 0 Å². The molecule has 2 N–H and O–H groups in total. The SMILES string of the molecule is Cc1ccc(C)c(CNc2ccc(O)c(C)c2)c1. The van der Waals surface area contributed by atoms with Crippen LogP contribution in [0.25, 0.3) is 0 Å². The summed E-state index contributed by atoms with van der Waals surface area (Å²) in [5.41, 5.74) is 5.80. The first-order chi connectivity index (χ1) is 8.56. The fourth-order valence-corrected chi connectivity index (χ4v) is 1.95. The predicted molar refractivity (Wildman–Crippen MR) is 76.1 cm³/mol. The van der Waals surface area contributed by atoms with Crippen molar-refractivity contribution in [1.82, 2.24) is 0 Å². The topological polar surface area (TPSA) is 32.3 Å². The highest BCUT2D eigenvalue weighted by molar-refractivity contribution is 5.51. The van der Waals surface area contributed by atoms with E-state index in [0.717, 1.165) is 17.8 Å². The number of nitrogens with one attached hydrogen (secondary N) is 1. The van der Waals surface area contributed by atoms with Crippen LogP contribution < -0.4 is 5.32 Å². The molecule has 0 aliphatic carbocycles. The van der Waals surface area contributed by atoms with E-state index in [9.17, 15) is 5.11 Å². The summed E-state index contributed by atoms with van der Waals surface area (Å²) in [4.78, 5) is 0. The van der Waals surface area contributed by atoms with Crippen molar-refractivity contribution in [3.8, 4) is 5.75 Å². The molecule has 0 amide bonds. The average molecular weight is 241 g/mol. The van der Waals surface area contributed by atoms with Gasteiger partial charge in [-0.15, -0.1) is 0 Å². The van der Waals surface area contributed by atoms with Crippen molar-refractivity contribution in [3.05, 3.63) is 58.7 Å². The Bertz CT molecular complexity index is 561. The van der Waals surface area contributed by atoms with Gasteiger partial charge in [0.05, 0.1) is 0 Å².